The van der Waals surface area contributed by atoms with Gasteiger partial charge in [0.2, 0.25) is 0 Å². The average molecular weight is 185 g/mol. The van der Waals surface area contributed by atoms with E-state index in [-0.39, 0.29) is 0 Å². The first-order chi connectivity index (χ1) is 6.29. The topological polar surface area (TPSA) is 21.3 Å². The van der Waals surface area contributed by atoms with Crippen LogP contribution in [-0.4, -0.2) is 25.8 Å². The average Bonchev–Trinajstić information content (AvgIpc) is 2.59. The van der Waals surface area contributed by atoms with Crippen LogP contribution in [0.2, 0.25) is 0 Å². The number of nitrogens with one attached hydrogen (secondary N) is 1. The first-order valence-corrected chi connectivity index (χ1v) is 5.58. The smallest absolute Gasteiger partial charge is 0.0702 e. The summed E-state index contributed by atoms with van der Waals surface area (Å²) in [6.07, 6.45) is 5.92. The number of hydrogen-bond acceptors (Lipinski definition) is 2. The van der Waals surface area contributed by atoms with Crippen molar-refractivity contribution >= 4 is 0 Å². The molecule has 0 amide bonds. The molecule has 1 aliphatic rings. The van der Waals surface area contributed by atoms with E-state index < -0.39 is 0 Å². The van der Waals surface area contributed by atoms with Gasteiger partial charge >= 0.3 is 0 Å². The lowest BCUT2D eigenvalue weighted by atomic mass is 9.94. The molecule has 0 aliphatic heterocycles. The van der Waals surface area contributed by atoms with Crippen molar-refractivity contribution in [2.45, 2.75) is 51.7 Å². The molecule has 0 heterocycles. The molecule has 13 heavy (non-hydrogen) atoms. The molecule has 0 aromatic rings. The Kier molecular flexibility index (Phi) is 4.74. The van der Waals surface area contributed by atoms with E-state index in [1.807, 2.05) is 0 Å². The van der Waals surface area contributed by atoms with Gasteiger partial charge in [0.05, 0.1) is 6.10 Å². The molecule has 1 rings (SSSR count). The quantitative estimate of drug-likeness (QED) is 0.709. The van der Waals surface area contributed by atoms with Gasteiger partial charge in [-0.05, 0) is 39.7 Å². The zero-order valence-electron chi connectivity index (χ0n) is 9.18. The van der Waals surface area contributed by atoms with Crippen molar-refractivity contribution < 1.29 is 4.74 Å². The summed E-state index contributed by atoms with van der Waals surface area (Å²) in [6, 6.07) is 0.558. The summed E-state index contributed by atoms with van der Waals surface area (Å²) in [5.74, 6) is 0.839. The maximum atomic E-state index is 5.64. The summed E-state index contributed by atoms with van der Waals surface area (Å²) >= 11 is 0. The Morgan fingerprint density at radius 1 is 1.38 bits per heavy atom. The first-order valence-electron chi connectivity index (χ1n) is 5.58. The zero-order chi connectivity index (χ0) is 9.68. The van der Waals surface area contributed by atoms with Crippen LogP contribution in [-0.2, 0) is 4.74 Å². The third-order valence-electron chi connectivity index (χ3n) is 3.18. The molecule has 2 unspecified atom stereocenters. The normalized spacial score (nSPS) is 23.3. The van der Waals surface area contributed by atoms with Crippen molar-refractivity contribution in [2.75, 3.05) is 13.7 Å². The van der Waals surface area contributed by atoms with Crippen molar-refractivity contribution in [3.63, 3.8) is 0 Å². The Bertz CT molecular complexity index is 132. The van der Waals surface area contributed by atoms with Crippen LogP contribution in [0, 0.1) is 5.92 Å². The summed E-state index contributed by atoms with van der Waals surface area (Å²) in [4.78, 5) is 0. The molecule has 1 saturated carbocycles. The summed E-state index contributed by atoms with van der Waals surface area (Å²) < 4.78 is 5.64. The number of ether oxygens (including phenoxy) is 1. The maximum Gasteiger partial charge on any atom is 0.0702 e. The lowest BCUT2D eigenvalue weighted by Gasteiger charge is -2.28. The van der Waals surface area contributed by atoms with Gasteiger partial charge in [-0.15, -0.1) is 0 Å². The molecule has 0 radical (unpaired) electrons. The number of rotatable bonds is 5. The standard InChI is InChI=1S/C11H23NO/c1-4-13-9(2)11(12-3)10-7-5-6-8-10/h9-12H,4-8H2,1-3H3. The van der Waals surface area contributed by atoms with Gasteiger partial charge < -0.3 is 10.1 Å². The van der Waals surface area contributed by atoms with Crippen LogP contribution in [0.1, 0.15) is 39.5 Å². The van der Waals surface area contributed by atoms with Crippen molar-refractivity contribution in [1.29, 1.82) is 0 Å². The zero-order valence-corrected chi connectivity index (χ0v) is 9.18. The fraction of sp³-hybridized carbons (Fsp3) is 1.00. The molecule has 0 bridgehead atoms. The van der Waals surface area contributed by atoms with Gasteiger partial charge in [0.25, 0.3) is 0 Å². The fourth-order valence-electron chi connectivity index (χ4n) is 2.54. The minimum Gasteiger partial charge on any atom is -0.377 e. The second-order valence-corrected chi connectivity index (χ2v) is 4.02. The highest BCUT2D eigenvalue weighted by Gasteiger charge is 2.28. The molecule has 1 aliphatic carbocycles. The molecular formula is C11H23NO. The van der Waals surface area contributed by atoms with Crippen LogP contribution < -0.4 is 5.32 Å². The molecule has 1 fully saturated rings. The van der Waals surface area contributed by atoms with Gasteiger partial charge in [-0.1, -0.05) is 12.8 Å². The van der Waals surface area contributed by atoms with Crippen LogP contribution in [0.5, 0.6) is 0 Å². The molecule has 1 N–H and O–H groups in total. The van der Waals surface area contributed by atoms with E-state index in [4.69, 9.17) is 4.74 Å². The predicted octanol–water partition coefficient (Wildman–Crippen LogP) is 2.19. The van der Waals surface area contributed by atoms with Crippen LogP contribution in [0.3, 0.4) is 0 Å². The van der Waals surface area contributed by atoms with Gasteiger partial charge in [-0.2, -0.15) is 0 Å². The van der Waals surface area contributed by atoms with Crippen molar-refractivity contribution in [3.8, 4) is 0 Å². The number of hydrogen-bond donors (Lipinski definition) is 1. The van der Waals surface area contributed by atoms with Crippen LogP contribution in [0.15, 0.2) is 0 Å². The second-order valence-electron chi connectivity index (χ2n) is 4.02. The van der Waals surface area contributed by atoms with Gasteiger partial charge in [0.1, 0.15) is 0 Å². The summed E-state index contributed by atoms with van der Waals surface area (Å²) in [5.41, 5.74) is 0. The van der Waals surface area contributed by atoms with E-state index in [1.54, 1.807) is 0 Å². The van der Waals surface area contributed by atoms with Gasteiger partial charge in [-0.25, -0.2) is 0 Å². The Balaban J connectivity index is 2.39. The molecule has 0 aromatic carbocycles. The van der Waals surface area contributed by atoms with Crippen LogP contribution in [0.4, 0.5) is 0 Å². The summed E-state index contributed by atoms with van der Waals surface area (Å²) in [6.45, 7) is 5.08. The summed E-state index contributed by atoms with van der Waals surface area (Å²) in [7, 11) is 2.05. The minimum atomic E-state index is 0.359. The monoisotopic (exact) mass is 185 g/mol. The Morgan fingerprint density at radius 3 is 2.46 bits per heavy atom. The third kappa shape index (κ3) is 2.96. The Labute approximate surface area is 82.0 Å². The Morgan fingerprint density at radius 2 is 2.00 bits per heavy atom. The molecule has 0 aromatic heterocycles. The van der Waals surface area contributed by atoms with Gasteiger partial charge in [0, 0.05) is 12.6 Å². The van der Waals surface area contributed by atoms with Crippen molar-refractivity contribution in [2.24, 2.45) is 5.92 Å². The SMILES string of the molecule is CCOC(C)C(NC)C1CCCC1. The molecule has 0 saturated heterocycles. The fourth-order valence-corrected chi connectivity index (χ4v) is 2.54. The highest BCUT2D eigenvalue weighted by molar-refractivity contribution is 4.83. The van der Waals surface area contributed by atoms with Crippen molar-refractivity contribution in [1.82, 2.24) is 5.32 Å². The van der Waals surface area contributed by atoms with Gasteiger partial charge in [0.15, 0.2) is 0 Å². The van der Waals surface area contributed by atoms with E-state index in [2.05, 4.69) is 26.2 Å². The third-order valence-corrected chi connectivity index (χ3v) is 3.18. The lowest BCUT2D eigenvalue weighted by molar-refractivity contribution is 0.0331. The van der Waals surface area contributed by atoms with Crippen LogP contribution >= 0.6 is 0 Å². The number of likely N-dealkylation sites (N-methyl/N-ethyl adjacent to an activating group) is 1. The predicted molar refractivity (Wildman–Crippen MR) is 55.9 cm³/mol. The van der Waals surface area contributed by atoms with Crippen LogP contribution in [0.25, 0.3) is 0 Å². The molecule has 78 valence electrons. The van der Waals surface area contributed by atoms with Gasteiger partial charge in [-0.3, -0.25) is 0 Å². The highest BCUT2D eigenvalue weighted by Crippen LogP contribution is 2.29. The minimum absolute atomic E-state index is 0.359. The maximum absolute atomic E-state index is 5.64. The van der Waals surface area contributed by atoms with E-state index in [1.165, 1.54) is 25.7 Å². The molecule has 0 spiro atoms. The second kappa shape index (κ2) is 5.61. The molecular weight excluding hydrogens is 162 g/mol. The molecule has 2 heteroatoms. The van der Waals surface area contributed by atoms with E-state index in [0.717, 1.165) is 12.5 Å². The Hall–Kier alpha value is -0.0800. The molecule has 2 nitrogen and oxygen atoms in total. The lowest BCUT2D eigenvalue weighted by Crippen LogP contribution is -2.42. The largest absolute Gasteiger partial charge is 0.377 e. The van der Waals surface area contributed by atoms with Crippen molar-refractivity contribution in [3.05, 3.63) is 0 Å². The molecule has 2 atom stereocenters. The summed E-state index contributed by atoms with van der Waals surface area (Å²) in [5, 5.41) is 3.40. The first kappa shape index (κ1) is 11.0. The highest BCUT2D eigenvalue weighted by atomic mass is 16.5. The van der Waals surface area contributed by atoms with E-state index >= 15 is 0 Å². The van der Waals surface area contributed by atoms with E-state index in [9.17, 15) is 0 Å². The van der Waals surface area contributed by atoms with E-state index in [0.29, 0.717) is 12.1 Å².